The summed E-state index contributed by atoms with van der Waals surface area (Å²) >= 11 is 2.95. The fourth-order valence-electron chi connectivity index (χ4n) is 4.12. The van der Waals surface area contributed by atoms with Gasteiger partial charge in [-0.05, 0) is 55.4 Å². The highest BCUT2D eigenvalue weighted by Gasteiger charge is 2.21. The summed E-state index contributed by atoms with van der Waals surface area (Å²) in [4.78, 5) is 32.7. The fourth-order valence-corrected chi connectivity index (χ4v) is 6.26. The van der Waals surface area contributed by atoms with Crippen LogP contribution in [0.25, 0.3) is 10.2 Å². The number of carbonyl (C=O) groups excluding carboxylic acids is 1. The van der Waals surface area contributed by atoms with E-state index in [1.54, 1.807) is 29.1 Å². The molecule has 0 atom stereocenters. The number of aryl methyl sites for hydroxylation is 2. The highest BCUT2D eigenvalue weighted by molar-refractivity contribution is 7.99. The molecule has 0 unspecified atom stereocenters. The zero-order chi connectivity index (χ0) is 23.2. The number of thioether (sulfide) groups is 1. The van der Waals surface area contributed by atoms with Crippen LogP contribution in [0.2, 0.25) is 0 Å². The number of carbonyl (C=O) groups is 1. The Bertz CT molecular complexity index is 1200. The number of hydrogen-bond acceptors (Lipinski definition) is 6. The lowest BCUT2D eigenvalue weighted by Crippen LogP contribution is -2.28. The van der Waals surface area contributed by atoms with Crippen LogP contribution in [0.1, 0.15) is 35.3 Å². The van der Waals surface area contributed by atoms with Gasteiger partial charge in [-0.1, -0.05) is 36.4 Å². The Morgan fingerprint density at radius 1 is 1.27 bits per heavy atom. The van der Waals surface area contributed by atoms with Crippen molar-refractivity contribution < 1.29 is 9.53 Å². The summed E-state index contributed by atoms with van der Waals surface area (Å²) in [5, 5.41) is 4.30. The Balaban J connectivity index is 1.43. The van der Waals surface area contributed by atoms with Crippen LogP contribution in [-0.4, -0.2) is 34.9 Å². The van der Waals surface area contributed by atoms with Crippen molar-refractivity contribution >= 4 is 39.2 Å². The number of rotatable bonds is 9. The van der Waals surface area contributed by atoms with Crippen LogP contribution in [0.3, 0.4) is 0 Å². The number of ether oxygens (including phenoxy) is 1. The van der Waals surface area contributed by atoms with Gasteiger partial charge in [0.15, 0.2) is 5.16 Å². The average Bonchev–Trinajstić information content (AvgIpc) is 3.01. The van der Waals surface area contributed by atoms with Crippen molar-refractivity contribution in [3.05, 3.63) is 63.3 Å². The third-order valence-electron chi connectivity index (χ3n) is 5.83. The molecule has 1 aromatic carbocycles. The van der Waals surface area contributed by atoms with Crippen LogP contribution in [0, 0.1) is 0 Å². The molecule has 2 heterocycles. The van der Waals surface area contributed by atoms with E-state index < -0.39 is 0 Å². The van der Waals surface area contributed by atoms with Crippen molar-refractivity contribution in [2.24, 2.45) is 0 Å². The van der Waals surface area contributed by atoms with E-state index in [4.69, 9.17) is 9.72 Å². The normalized spacial score (nSPS) is 13.4. The molecule has 1 aliphatic rings. The molecule has 1 amide bonds. The van der Waals surface area contributed by atoms with Gasteiger partial charge < -0.3 is 10.1 Å². The van der Waals surface area contributed by atoms with E-state index in [-0.39, 0.29) is 17.2 Å². The molecule has 0 aliphatic heterocycles. The van der Waals surface area contributed by atoms with Crippen molar-refractivity contribution in [2.45, 2.75) is 50.2 Å². The third kappa shape index (κ3) is 5.50. The van der Waals surface area contributed by atoms with E-state index in [1.165, 1.54) is 35.0 Å². The number of allylic oxidation sites excluding steroid dienone is 1. The maximum Gasteiger partial charge on any atom is 0.263 e. The lowest BCUT2D eigenvalue weighted by Gasteiger charge is -2.11. The van der Waals surface area contributed by atoms with Crippen LogP contribution in [-0.2, 0) is 30.6 Å². The minimum Gasteiger partial charge on any atom is -0.497 e. The maximum atomic E-state index is 13.4. The molecule has 0 radical (unpaired) electrons. The van der Waals surface area contributed by atoms with Gasteiger partial charge in [0.05, 0.1) is 18.2 Å². The largest absolute Gasteiger partial charge is 0.497 e. The number of thiophene rings is 1. The van der Waals surface area contributed by atoms with Gasteiger partial charge in [0.1, 0.15) is 10.6 Å². The summed E-state index contributed by atoms with van der Waals surface area (Å²) in [5.74, 6) is 0.953. The smallest absolute Gasteiger partial charge is 0.263 e. The van der Waals surface area contributed by atoms with Crippen molar-refractivity contribution in [3.8, 4) is 5.75 Å². The van der Waals surface area contributed by atoms with Crippen molar-refractivity contribution in [3.63, 3.8) is 0 Å². The molecule has 1 N–H and O–H groups in total. The molecule has 0 saturated carbocycles. The van der Waals surface area contributed by atoms with Gasteiger partial charge in [-0.25, -0.2) is 4.98 Å². The van der Waals surface area contributed by atoms with Crippen molar-refractivity contribution in [1.29, 1.82) is 0 Å². The Morgan fingerprint density at radius 3 is 2.82 bits per heavy atom. The number of nitrogens with zero attached hydrogens (tertiary/aromatic N) is 2. The first kappa shape index (κ1) is 23.6. The average molecular weight is 484 g/mol. The second-order valence-corrected chi connectivity index (χ2v) is 10.1. The van der Waals surface area contributed by atoms with E-state index in [0.29, 0.717) is 18.2 Å². The number of aromatic nitrogens is 2. The number of hydrogen-bond donors (Lipinski definition) is 1. The second kappa shape index (κ2) is 11.0. The molecule has 1 aliphatic carbocycles. The van der Waals surface area contributed by atoms with Gasteiger partial charge >= 0.3 is 0 Å². The van der Waals surface area contributed by atoms with Crippen molar-refractivity contribution in [1.82, 2.24) is 14.9 Å². The standard InChI is InChI=1S/C25H29N3O3S2/c1-3-15-28-24(30)22-19-7-5-4-6-8-20(19)33-23(22)27-25(28)32-16-21(29)26-14-13-17-9-11-18(31-2)12-10-17/h3,9-12H,1,4-8,13-16H2,2H3,(H,26,29). The SMILES string of the molecule is C=CCn1c(SCC(=O)NCCc2ccc(OC)cc2)nc2sc3c(c2c1=O)CCCCC3. The first-order valence-corrected chi connectivity index (χ1v) is 13.1. The van der Waals surface area contributed by atoms with E-state index in [2.05, 4.69) is 11.9 Å². The monoisotopic (exact) mass is 483 g/mol. The molecular formula is C25H29N3O3S2. The summed E-state index contributed by atoms with van der Waals surface area (Å²) in [7, 11) is 1.64. The molecule has 0 spiro atoms. The molecule has 2 aromatic heterocycles. The number of methoxy groups -OCH3 is 1. The van der Waals surface area contributed by atoms with Crippen LogP contribution in [0.5, 0.6) is 5.75 Å². The molecule has 4 rings (SSSR count). The summed E-state index contributed by atoms with van der Waals surface area (Å²) in [6.45, 7) is 4.74. The molecule has 0 fully saturated rings. The quantitative estimate of drug-likeness (QED) is 0.212. The van der Waals surface area contributed by atoms with Gasteiger partial charge in [0.25, 0.3) is 5.56 Å². The highest BCUT2D eigenvalue weighted by Crippen LogP contribution is 2.34. The summed E-state index contributed by atoms with van der Waals surface area (Å²) in [5.41, 5.74) is 2.31. The zero-order valence-electron chi connectivity index (χ0n) is 18.9. The Hall–Kier alpha value is -2.58. The van der Waals surface area contributed by atoms with Crippen LogP contribution in [0.15, 0.2) is 46.9 Å². The van der Waals surface area contributed by atoms with Crippen molar-refractivity contribution in [2.75, 3.05) is 19.4 Å². The molecule has 0 bridgehead atoms. The first-order chi connectivity index (χ1) is 16.1. The molecule has 3 aromatic rings. The molecule has 6 nitrogen and oxygen atoms in total. The van der Waals surface area contributed by atoms with Gasteiger partial charge in [0.2, 0.25) is 5.91 Å². The van der Waals surface area contributed by atoms with E-state index in [1.807, 2.05) is 24.3 Å². The minimum atomic E-state index is -0.0741. The summed E-state index contributed by atoms with van der Waals surface area (Å²) in [6, 6.07) is 7.82. The number of nitrogens with one attached hydrogen (secondary N) is 1. The number of benzene rings is 1. The molecule has 8 heteroatoms. The van der Waals surface area contributed by atoms with Gasteiger partial charge in [-0.3, -0.25) is 14.2 Å². The lowest BCUT2D eigenvalue weighted by molar-refractivity contribution is -0.118. The predicted octanol–water partition coefficient (Wildman–Crippen LogP) is 4.37. The minimum absolute atomic E-state index is 0.0123. The van der Waals surface area contributed by atoms with E-state index in [0.717, 1.165) is 47.2 Å². The predicted molar refractivity (Wildman–Crippen MR) is 136 cm³/mol. The van der Waals surface area contributed by atoms with Crippen LogP contribution in [0.4, 0.5) is 0 Å². The summed E-state index contributed by atoms with van der Waals surface area (Å²) < 4.78 is 6.82. The first-order valence-electron chi connectivity index (χ1n) is 11.3. The van der Waals surface area contributed by atoms with Gasteiger partial charge in [0, 0.05) is 18.0 Å². The summed E-state index contributed by atoms with van der Waals surface area (Å²) in [6.07, 6.45) is 7.91. The maximum absolute atomic E-state index is 13.4. The number of amides is 1. The zero-order valence-corrected chi connectivity index (χ0v) is 20.5. The topological polar surface area (TPSA) is 73.2 Å². The molecule has 33 heavy (non-hydrogen) atoms. The molecule has 0 saturated heterocycles. The molecular weight excluding hydrogens is 454 g/mol. The Kier molecular flexibility index (Phi) is 7.88. The highest BCUT2D eigenvalue weighted by atomic mass is 32.2. The Labute approximate surface area is 202 Å². The third-order valence-corrected chi connectivity index (χ3v) is 7.99. The fraction of sp³-hybridized carbons (Fsp3) is 0.400. The van der Waals surface area contributed by atoms with Crippen LogP contribution >= 0.6 is 23.1 Å². The lowest BCUT2D eigenvalue weighted by atomic mass is 10.1. The van der Waals surface area contributed by atoms with Gasteiger partial charge in [-0.15, -0.1) is 17.9 Å². The van der Waals surface area contributed by atoms with E-state index in [9.17, 15) is 9.59 Å². The molecule has 174 valence electrons. The second-order valence-electron chi connectivity index (χ2n) is 8.08. The van der Waals surface area contributed by atoms with Gasteiger partial charge in [-0.2, -0.15) is 0 Å². The van der Waals surface area contributed by atoms with E-state index >= 15 is 0 Å². The number of fused-ring (bicyclic) bond motifs is 3. The Morgan fingerprint density at radius 2 is 2.06 bits per heavy atom. The van der Waals surface area contributed by atoms with Crippen LogP contribution < -0.4 is 15.6 Å².